The van der Waals surface area contributed by atoms with Gasteiger partial charge < -0.3 is 10.2 Å². The fraction of sp³-hybridized carbons (Fsp3) is 0.333. The summed E-state index contributed by atoms with van der Waals surface area (Å²) in [7, 11) is 2.12. The average molecular weight is 347 g/mol. The van der Waals surface area contributed by atoms with Gasteiger partial charge in [0.2, 0.25) is 0 Å². The molecule has 0 saturated heterocycles. The first-order chi connectivity index (χ1) is 9.97. The van der Waals surface area contributed by atoms with Gasteiger partial charge in [-0.05, 0) is 42.8 Å². The van der Waals surface area contributed by atoms with Crippen LogP contribution in [-0.2, 0) is 6.54 Å². The molecule has 0 radical (unpaired) electrons. The normalized spacial score (nSPS) is 11.0. The number of aryl methyl sites for hydroxylation is 1. The van der Waals surface area contributed by atoms with Crippen LogP contribution in [0.15, 0.2) is 46.9 Å². The molecule has 0 unspecified atom stereocenters. The van der Waals surface area contributed by atoms with Gasteiger partial charge in [-0.1, -0.05) is 47.5 Å². The van der Waals surface area contributed by atoms with Crippen LogP contribution in [-0.4, -0.2) is 13.1 Å². The fourth-order valence-corrected chi connectivity index (χ4v) is 2.65. The van der Waals surface area contributed by atoms with Crippen LogP contribution in [0.1, 0.15) is 25.0 Å². The lowest BCUT2D eigenvalue weighted by molar-refractivity contribution is 0.589. The zero-order valence-electron chi connectivity index (χ0n) is 13.2. The molecule has 2 rings (SSSR count). The molecule has 0 amide bonds. The van der Waals surface area contributed by atoms with Crippen molar-refractivity contribution in [2.75, 3.05) is 11.9 Å². The predicted molar refractivity (Wildman–Crippen MR) is 95.4 cm³/mol. The Labute approximate surface area is 136 Å². The summed E-state index contributed by atoms with van der Waals surface area (Å²) in [5.74, 6) is 0. The highest BCUT2D eigenvalue weighted by atomic mass is 79.9. The van der Waals surface area contributed by atoms with Crippen molar-refractivity contribution in [3.8, 4) is 0 Å². The Balaban J connectivity index is 2.30. The molecular formula is C18H23BrN2. The van der Waals surface area contributed by atoms with E-state index in [0.29, 0.717) is 6.04 Å². The molecule has 0 heterocycles. The van der Waals surface area contributed by atoms with Crippen LogP contribution in [0.5, 0.6) is 0 Å². The van der Waals surface area contributed by atoms with Crippen molar-refractivity contribution in [2.45, 2.75) is 33.4 Å². The molecule has 2 nitrogen and oxygen atoms in total. The zero-order chi connectivity index (χ0) is 15.4. The van der Waals surface area contributed by atoms with Crippen LogP contribution in [0.2, 0.25) is 0 Å². The maximum atomic E-state index is 3.57. The van der Waals surface area contributed by atoms with Crippen molar-refractivity contribution in [3.05, 3.63) is 58.1 Å². The number of nitrogens with zero attached hydrogens (tertiary/aromatic N) is 1. The third-order valence-corrected chi connectivity index (χ3v) is 4.02. The van der Waals surface area contributed by atoms with Gasteiger partial charge in [-0.25, -0.2) is 0 Å². The maximum absolute atomic E-state index is 3.57. The SMILES string of the molecule is Cc1ccc(N(C)c2ccc(Br)cc2CNC(C)C)cc1. The van der Waals surface area contributed by atoms with Gasteiger partial charge in [0.15, 0.2) is 0 Å². The van der Waals surface area contributed by atoms with Crippen LogP contribution in [0, 0.1) is 6.92 Å². The molecule has 3 heteroatoms. The number of anilines is 2. The molecule has 112 valence electrons. The van der Waals surface area contributed by atoms with Crippen molar-refractivity contribution in [2.24, 2.45) is 0 Å². The summed E-state index contributed by atoms with van der Waals surface area (Å²) in [5.41, 5.74) is 5.01. The van der Waals surface area contributed by atoms with Crippen molar-refractivity contribution < 1.29 is 0 Å². The second-order valence-corrected chi connectivity index (χ2v) is 6.62. The Morgan fingerprint density at radius 1 is 1.10 bits per heavy atom. The van der Waals surface area contributed by atoms with E-state index < -0.39 is 0 Å². The lowest BCUT2D eigenvalue weighted by Crippen LogP contribution is -2.23. The summed E-state index contributed by atoms with van der Waals surface area (Å²) < 4.78 is 1.11. The van der Waals surface area contributed by atoms with Gasteiger partial charge in [-0.2, -0.15) is 0 Å². The Hall–Kier alpha value is -1.32. The molecule has 2 aromatic rings. The molecule has 1 N–H and O–H groups in total. The Morgan fingerprint density at radius 3 is 2.38 bits per heavy atom. The van der Waals surface area contributed by atoms with E-state index in [1.165, 1.54) is 22.5 Å². The Bertz CT molecular complexity index is 591. The molecule has 0 aliphatic rings. The first-order valence-electron chi connectivity index (χ1n) is 7.29. The highest BCUT2D eigenvalue weighted by Gasteiger charge is 2.10. The quantitative estimate of drug-likeness (QED) is 0.817. The largest absolute Gasteiger partial charge is 0.344 e. The Kier molecular flexibility index (Phi) is 5.43. The second kappa shape index (κ2) is 7.10. The number of hydrogen-bond donors (Lipinski definition) is 1. The summed E-state index contributed by atoms with van der Waals surface area (Å²) >= 11 is 3.57. The van der Waals surface area contributed by atoms with E-state index in [2.05, 4.69) is 96.4 Å². The predicted octanol–water partition coefficient (Wildman–Crippen LogP) is 5.02. The van der Waals surface area contributed by atoms with E-state index in [9.17, 15) is 0 Å². The molecule has 0 atom stereocenters. The minimum absolute atomic E-state index is 0.474. The first kappa shape index (κ1) is 16.1. The molecule has 0 saturated carbocycles. The van der Waals surface area contributed by atoms with Gasteiger partial charge >= 0.3 is 0 Å². The summed E-state index contributed by atoms with van der Waals surface area (Å²) in [4.78, 5) is 2.24. The smallest absolute Gasteiger partial charge is 0.0454 e. The summed E-state index contributed by atoms with van der Waals surface area (Å²) in [6, 6.07) is 15.6. The van der Waals surface area contributed by atoms with Crippen molar-refractivity contribution >= 4 is 27.3 Å². The number of rotatable bonds is 5. The highest BCUT2D eigenvalue weighted by molar-refractivity contribution is 9.10. The maximum Gasteiger partial charge on any atom is 0.0454 e. The fourth-order valence-electron chi connectivity index (χ4n) is 2.24. The van der Waals surface area contributed by atoms with Crippen LogP contribution >= 0.6 is 15.9 Å². The molecular weight excluding hydrogens is 324 g/mol. The number of hydrogen-bond acceptors (Lipinski definition) is 2. The van der Waals surface area contributed by atoms with Crippen LogP contribution in [0.25, 0.3) is 0 Å². The summed E-state index contributed by atoms with van der Waals surface area (Å²) in [6.07, 6.45) is 0. The van der Waals surface area contributed by atoms with Gasteiger partial charge in [0.1, 0.15) is 0 Å². The van der Waals surface area contributed by atoms with Gasteiger partial charge in [0.05, 0.1) is 0 Å². The highest BCUT2D eigenvalue weighted by Crippen LogP contribution is 2.29. The zero-order valence-corrected chi connectivity index (χ0v) is 14.7. The lowest BCUT2D eigenvalue weighted by Gasteiger charge is -2.24. The standard InChI is InChI=1S/C18H23BrN2/c1-13(2)20-12-15-11-16(19)7-10-18(15)21(4)17-8-5-14(3)6-9-17/h5-11,13,20H,12H2,1-4H3. The van der Waals surface area contributed by atoms with E-state index in [1.807, 2.05) is 0 Å². The van der Waals surface area contributed by atoms with E-state index >= 15 is 0 Å². The molecule has 0 aliphatic heterocycles. The van der Waals surface area contributed by atoms with Crippen molar-refractivity contribution in [1.82, 2.24) is 5.32 Å². The molecule has 2 aromatic carbocycles. The number of nitrogens with one attached hydrogen (secondary N) is 1. The monoisotopic (exact) mass is 346 g/mol. The van der Waals surface area contributed by atoms with Crippen molar-refractivity contribution in [1.29, 1.82) is 0 Å². The van der Waals surface area contributed by atoms with E-state index in [0.717, 1.165) is 11.0 Å². The second-order valence-electron chi connectivity index (χ2n) is 5.70. The Morgan fingerprint density at radius 2 is 1.76 bits per heavy atom. The lowest BCUT2D eigenvalue weighted by atomic mass is 10.1. The summed E-state index contributed by atoms with van der Waals surface area (Å²) in [5, 5.41) is 3.50. The number of benzene rings is 2. The topological polar surface area (TPSA) is 15.3 Å². The molecule has 0 aliphatic carbocycles. The molecule has 0 fully saturated rings. The molecule has 0 bridgehead atoms. The van der Waals surface area contributed by atoms with Gasteiger partial charge in [0.25, 0.3) is 0 Å². The first-order valence-corrected chi connectivity index (χ1v) is 8.09. The van der Waals surface area contributed by atoms with E-state index in [1.54, 1.807) is 0 Å². The minimum atomic E-state index is 0.474. The van der Waals surface area contributed by atoms with E-state index in [4.69, 9.17) is 0 Å². The third-order valence-electron chi connectivity index (χ3n) is 3.52. The summed E-state index contributed by atoms with van der Waals surface area (Å²) in [6.45, 7) is 7.31. The van der Waals surface area contributed by atoms with Gasteiger partial charge in [-0.3, -0.25) is 0 Å². The van der Waals surface area contributed by atoms with Gasteiger partial charge in [0, 0.05) is 35.5 Å². The van der Waals surface area contributed by atoms with Crippen LogP contribution in [0.3, 0.4) is 0 Å². The van der Waals surface area contributed by atoms with Crippen molar-refractivity contribution in [3.63, 3.8) is 0 Å². The van der Waals surface area contributed by atoms with Crippen LogP contribution in [0.4, 0.5) is 11.4 Å². The van der Waals surface area contributed by atoms with Crippen LogP contribution < -0.4 is 10.2 Å². The molecule has 0 aromatic heterocycles. The molecule has 0 spiro atoms. The minimum Gasteiger partial charge on any atom is -0.344 e. The number of halogens is 1. The average Bonchev–Trinajstić information content (AvgIpc) is 2.45. The van der Waals surface area contributed by atoms with Gasteiger partial charge in [-0.15, -0.1) is 0 Å². The third kappa shape index (κ3) is 4.32. The molecule has 21 heavy (non-hydrogen) atoms. The van der Waals surface area contributed by atoms with E-state index in [-0.39, 0.29) is 0 Å².